The smallest absolute Gasteiger partial charge is 0.216 e. The van der Waals surface area contributed by atoms with Gasteiger partial charge < -0.3 is 15.1 Å². The molecule has 0 spiro atoms. The van der Waals surface area contributed by atoms with Gasteiger partial charge in [-0.2, -0.15) is 0 Å². The number of hydrogen-bond donors (Lipinski definition) is 1. The quantitative estimate of drug-likeness (QED) is 0.730. The van der Waals surface area contributed by atoms with Gasteiger partial charge in [-0.15, -0.1) is 0 Å². The van der Waals surface area contributed by atoms with Crippen LogP contribution in [-0.2, 0) is 4.79 Å². The predicted molar refractivity (Wildman–Crippen MR) is 89.0 cm³/mol. The Morgan fingerprint density at radius 3 is 2.57 bits per heavy atom. The van der Waals surface area contributed by atoms with Crippen molar-refractivity contribution in [2.45, 2.75) is 32.7 Å². The van der Waals surface area contributed by atoms with Gasteiger partial charge in [0.15, 0.2) is 0 Å². The van der Waals surface area contributed by atoms with Crippen molar-refractivity contribution in [2.24, 2.45) is 0 Å². The number of nitrogens with zero attached hydrogens (tertiary/aromatic N) is 2. The van der Waals surface area contributed by atoms with Crippen LogP contribution in [0, 0.1) is 0 Å². The molecule has 1 aliphatic rings. The molecule has 0 unspecified atom stereocenters. The number of nitrogens with one attached hydrogen (secondary N) is 1. The van der Waals surface area contributed by atoms with Crippen LogP contribution >= 0.6 is 0 Å². The van der Waals surface area contributed by atoms with Gasteiger partial charge in [-0.05, 0) is 25.8 Å². The molecule has 0 aliphatic carbocycles. The lowest BCUT2D eigenvalue weighted by Crippen LogP contribution is -2.44. The van der Waals surface area contributed by atoms with Gasteiger partial charge in [-0.25, -0.2) is 0 Å². The Morgan fingerprint density at radius 1 is 1.33 bits per heavy atom. The first-order valence-corrected chi connectivity index (χ1v) is 7.70. The summed E-state index contributed by atoms with van der Waals surface area (Å²) in [6, 6.07) is 0.607. The normalized spacial score (nSPS) is 18.0. The highest BCUT2D eigenvalue weighted by atomic mass is 16.1. The van der Waals surface area contributed by atoms with E-state index in [-0.39, 0.29) is 5.91 Å². The lowest BCUT2D eigenvalue weighted by Gasteiger charge is -2.38. The number of carbonyl (C=O) groups is 1. The summed E-state index contributed by atoms with van der Waals surface area (Å²) in [5, 5.41) is 2.86. The second-order valence-electron chi connectivity index (χ2n) is 5.60. The van der Waals surface area contributed by atoms with Crippen LogP contribution in [0.4, 0.5) is 0 Å². The molecule has 1 rings (SSSR count). The minimum atomic E-state index is 0.0537. The van der Waals surface area contributed by atoms with E-state index < -0.39 is 0 Å². The standard InChI is InChI=1S/C17H29N3O/c1-5-6-7-8-15(2)19(4)17-9-12-20(13-10-17)14-11-18-16(3)21/h5-8,17H,1,9-14H2,2-4H3,(H,18,21)/b7-6-,15-8+. The second kappa shape index (κ2) is 9.40. The third-order valence-corrected chi connectivity index (χ3v) is 4.05. The van der Waals surface area contributed by atoms with E-state index in [4.69, 9.17) is 0 Å². The zero-order chi connectivity index (χ0) is 15.7. The Morgan fingerprint density at radius 2 is 2.00 bits per heavy atom. The largest absolute Gasteiger partial charge is 0.375 e. The summed E-state index contributed by atoms with van der Waals surface area (Å²) in [7, 11) is 2.17. The van der Waals surface area contributed by atoms with Gasteiger partial charge in [0.25, 0.3) is 0 Å². The molecule has 0 bridgehead atoms. The van der Waals surface area contributed by atoms with Gasteiger partial charge in [0, 0.05) is 51.9 Å². The fraction of sp³-hybridized carbons (Fsp3) is 0.588. The lowest BCUT2D eigenvalue weighted by molar-refractivity contribution is -0.119. The van der Waals surface area contributed by atoms with E-state index in [0.717, 1.165) is 26.2 Å². The van der Waals surface area contributed by atoms with Crippen LogP contribution < -0.4 is 5.32 Å². The second-order valence-corrected chi connectivity index (χ2v) is 5.60. The molecule has 0 saturated carbocycles. The Hall–Kier alpha value is -1.55. The maximum Gasteiger partial charge on any atom is 0.216 e. The summed E-state index contributed by atoms with van der Waals surface area (Å²) in [5.41, 5.74) is 1.28. The Labute approximate surface area is 129 Å². The topological polar surface area (TPSA) is 35.6 Å². The number of hydrogen-bond acceptors (Lipinski definition) is 3. The highest BCUT2D eigenvalue weighted by Crippen LogP contribution is 2.18. The highest BCUT2D eigenvalue weighted by molar-refractivity contribution is 5.72. The van der Waals surface area contributed by atoms with Crippen LogP contribution in [0.5, 0.6) is 0 Å². The molecule has 118 valence electrons. The number of carbonyl (C=O) groups excluding carboxylic acids is 1. The molecule has 1 N–H and O–H groups in total. The molecule has 4 heteroatoms. The first kappa shape index (κ1) is 17.5. The third-order valence-electron chi connectivity index (χ3n) is 4.05. The Balaban J connectivity index is 2.34. The molecular formula is C17H29N3O. The van der Waals surface area contributed by atoms with Crippen molar-refractivity contribution in [3.63, 3.8) is 0 Å². The maximum atomic E-state index is 10.9. The predicted octanol–water partition coefficient (Wildman–Crippen LogP) is 2.16. The molecule has 1 fully saturated rings. The third kappa shape index (κ3) is 6.63. The summed E-state index contributed by atoms with van der Waals surface area (Å²) >= 11 is 0. The Bertz CT molecular complexity index is 393. The van der Waals surface area contributed by atoms with Crippen molar-refractivity contribution in [3.8, 4) is 0 Å². The summed E-state index contributed by atoms with van der Waals surface area (Å²) in [6.45, 7) is 11.3. The highest BCUT2D eigenvalue weighted by Gasteiger charge is 2.22. The molecule has 0 aromatic heterocycles. The van der Waals surface area contributed by atoms with Gasteiger partial charge in [0.2, 0.25) is 5.91 Å². The van der Waals surface area contributed by atoms with E-state index in [1.54, 1.807) is 13.0 Å². The van der Waals surface area contributed by atoms with Crippen LogP contribution in [0.2, 0.25) is 0 Å². The van der Waals surface area contributed by atoms with Gasteiger partial charge in [-0.1, -0.05) is 24.8 Å². The summed E-state index contributed by atoms with van der Waals surface area (Å²) < 4.78 is 0. The molecule has 1 amide bonds. The average molecular weight is 291 g/mol. The average Bonchev–Trinajstić information content (AvgIpc) is 2.47. The van der Waals surface area contributed by atoms with Crippen molar-refractivity contribution in [1.82, 2.24) is 15.1 Å². The summed E-state index contributed by atoms with van der Waals surface area (Å²) in [4.78, 5) is 15.7. The number of allylic oxidation sites excluding steroid dienone is 5. The van der Waals surface area contributed by atoms with Crippen LogP contribution in [0.1, 0.15) is 26.7 Å². The lowest BCUT2D eigenvalue weighted by atomic mass is 10.0. The minimum absolute atomic E-state index is 0.0537. The van der Waals surface area contributed by atoms with Crippen molar-refractivity contribution >= 4 is 5.91 Å². The molecule has 1 heterocycles. The molecule has 0 atom stereocenters. The van der Waals surface area contributed by atoms with E-state index in [9.17, 15) is 4.79 Å². The van der Waals surface area contributed by atoms with Crippen molar-refractivity contribution in [3.05, 3.63) is 36.6 Å². The number of piperidine rings is 1. The van der Waals surface area contributed by atoms with Crippen LogP contribution in [0.25, 0.3) is 0 Å². The fourth-order valence-corrected chi connectivity index (χ4v) is 2.60. The zero-order valence-electron chi connectivity index (χ0n) is 13.6. The number of rotatable bonds is 7. The van der Waals surface area contributed by atoms with Crippen molar-refractivity contribution in [2.75, 3.05) is 33.2 Å². The number of likely N-dealkylation sites (tertiary alicyclic amines) is 1. The fourth-order valence-electron chi connectivity index (χ4n) is 2.60. The maximum absolute atomic E-state index is 10.9. The minimum Gasteiger partial charge on any atom is -0.375 e. The first-order chi connectivity index (χ1) is 10.0. The summed E-state index contributed by atoms with van der Waals surface area (Å²) in [6.07, 6.45) is 10.2. The van der Waals surface area contributed by atoms with Crippen molar-refractivity contribution < 1.29 is 4.79 Å². The molecule has 0 aromatic rings. The monoisotopic (exact) mass is 291 g/mol. The van der Waals surface area contributed by atoms with E-state index in [2.05, 4.69) is 41.7 Å². The van der Waals surface area contributed by atoms with Gasteiger partial charge in [0.05, 0.1) is 0 Å². The molecule has 1 saturated heterocycles. The number of amides is 1. The molecule has 1 aliphatic heterocycles. The van der Waals surface area contributed by atoms with Gasteiger partial charge in [0.1, 0.15) is 0 Å². The molecular weight excluding hydrogens is 262 g/mol. The summed E-state index contributed by atoms with van der Waals surface area (Å²) in [5.74, 6) is 0.0537. The van der Waals surface area contributed by atoms with E-state index in [1.807, 2.05) is 12.2 Å². The van der Waals surface area contributed by atoms with E-state index in [1.165, 1.54) is 18.5 Å². The van der Waals surface area contributed by atoms with Gasteiger partial charge in [-0.3, -0.25) is 4.79 Å². The molecule has 0 aromatic carbocycles. The van der Waals surface area contributed by atoms with Crippen LogP contribution in [0.15, 0.2) is 36.6 Å². The molecule has 0 radical (unpaired) electrons. The first-order valence-electron chi connectivity index (χ1n) is 7.70. The molecule has 21 heavy (non-hydrogen) atoms. The van der Waals surface area contributed by atoms with E-state index >= 15 is 0 Å². The van der Waals surface area contributed by atoms with E-state index in [0.29, 0.717) is 6.04 Å². The Kier molecular flexibility index (Phi) is 7.83. The molecule has 4 nitrogen and oxygen atoms in total. The SMILES string of the molecule is C=C/C=C\C=C(/C)N(C)C1CCN(CCNC(C)=O)CC1. The van der Waals surface area contributed by atoms with Crippen LogP contribution in [0.3, 0.4) is 0 Å². The van der Waals surface area contributed by atoms with Crippen LogP contribution in [-0.4, -0.2) is 55.0 Å². The van der Waals surface area contributed by atoms with Gasteiger partial charge >= 0.3 is 0 Å². The van der Waals surface area contributed by atoms with Crippen molar-refractivity contribution in [1.29, 1.82) is 0 Å². The zero-order valence-corrected chi connectivity index (χ0v) is 13.6.